The maximum absolute atomic E-state index is 13.0. The first-order valence-electron chi connectivity index (χ1n) is 11.5. The van der Waals surface area contributed by atoms with Gasteiger partial charge in [0.2, 0.25) is 5.91 Å². The van der Waals surface area contributed by atoms with E-state index in [1.54, 1.807) is 0 Å². The first kappa shape index (κ1) is 22.8. The van der Waals surface area contributed by atoms with Crippen molar-refractivity contribution in [3.63, 3.8) is 0 Å². The van der Waals surface area contributed by atoms with E-state index in [2.05, 4.69) is 83.3 Å². The number of benzene rings is 3. The molecule has 0 aliphatic carbocycles. The Hall–Kier alpha value is -3.40. The number of nitrogens with zero attached hydrogens (tertiary/aromatic N) is 2. The first-order chi connectivity index (χ1) is 15.5. The molecule has 4 aromatic rings. The molecule has 0 saturated heterocycles. The van der Waals surface area contributed by atoms with E-state index in [0.717, 1.165) is 28.1 Å². The molecule has 0 aliphatic heterocycles. The van der Waals surface area contributed by atoms with Gasteiger partial charge in [0, 0.05) is 11.3 Å². The lowest BCUT2D eigenvalue weighted by Crippen LogP contribution is -2.19. The zero-order valence-corrected chi connectivity index (χ0v) is 20.4. The van der Waals surface area contributed by atoms with Gasteiger partial charge in [-0.05, 0) is 46.2 Å². The molecule has 0 aliphatic rings. The lowest BCUT2D eigenvalue weighted by Gasteiger charge is -2.19. The largest absolute Gasteiger partial charge is 0.325 e. The summed E-state index contributed by atoms with van der Waals surface area (Å²) in [4.78, 5) is 17.9. The second kappa shape index (κ2) is 8.51. The van der Waals surface area contributed by atoms with Gasteiger partial charge < -0.3 is 9.88 Å². The number of fused-ring (bicyclic) bond motifs is 1. The highest BCUT2D eigenvalue weighted by molar-refractivity contribution is 5.92. The maximum atomic E-state index is 13.0. The second-order valence-corrected chi connectivity index (χ2v) is 10.7. The summed E-state index contributed by atoms with van der Waals surface area (Å²) >= 11 is 0. The molecule has 1 N–H and O–H groups in total. The van der Waals surface area contributed by atoms with Crippen molar-refractivity contribution in [2.75, 3.05) is 5.32 Å². The van der Waals surface area contributed by atoms with E-state index in [1.807, 2.05) is 41.0 Å². The van der Waals surface area contributed by atoms with Gasteiger partial charge in [0.1, 0.15) is 12.4 Å². The summed E-state index contributed by atoms with van der Waals surface area (Å²) in [5.41, 5.74) is 6.31. The average molecular weight is 440 g/mol. The number of nitrogens with one attached hydrogen (secondary N) is 1. The van der Waals surface area contributed by atoms with Gasteiger partial charge in [-0.25, -0.2) is 4.98 Å². The van der Waals surface area contributed by atoms with Crippen LogP contribution in [0.5, 0.6) is 0 Å². The van der Waals surface area contributed by atoms with Gasteiger partial charge in [-0.1, -0.05) is 90.1 Å². The van der Waals surface area contributed by atoms with Crippen molar-refractivity contribution >= 4 is 22.6 Å². The van der Waals surface area contributed by atoms with Crippen LogP contribution in [-0.2, 0) is 22.2 Å². The van der Waals surface area contributed by atoms with Gasteiger partial charge in [-0.15, -0.1) is 0 Å². The zero-order valence-electron chi connectivity index (χ0n) is 20.4. The summed E-state index contributed by atoms with van der Waals surface area (Å²) in [6.07, 6.45) is 0. The van der Waals surface area contributed by atoms with Crippen molar-refractivity contribution in [2.24, 2.45) is 0 Å². The van der Waals surface area contributed by atoms with Crippen LogP contribution in [-0.4, -0.2) is 15.5 Å². The Bertz CT molecular complexity index is 1270. The number of aromatic nitrogens is 2. The van der Waals surface area contributed by atoms with Crippen LogP contribution >= 0.6 is 0 Å². The molecule has 0 bridgehead atoms. The minimum atomic E-state index is -0.0748. The number of imidazole rings is 1. The summed E-state index contributed by atoms with van der Waals surface area (Å²) in [5.74, 6) is 0.726. The summed E-state index contributed by atoms with van der Waals surface area (Å²) < 4.78 is 2.00. The number of rotatable bonds is 4. The van der Waals surface area contributed by atoms with Gasteiger partial charge in [-0.2, -0.15) is 0 Å². The van der Waals surface area contributed by atoms with Crippen molar-refractivity contribution in [3.05, 3.63) is 83.9 Å². The quantitative estimate of drug-likeness (QED) is 0.374. The molecule has 0 atom stereocenters. The number of hydrogen-bond donors (Lipinski definition) is 1. The molecule has 0 fully saturated rings. The molecule has 0 spiro atoms. The third-order valence-electron chi connectivity index (χ3n) is 6.00. The fourth-order valence-electron chi connectivity index (χ4n) is 3.97. The minimum Gasteiger partial charge on any atom is -0.325 e. The molecule has 170 valence electrons. The van der Waals surface area contributed by atoms with Crippen LogP contribution in [0.2, 0.25) is 0 Å². The molecule has 4 nitrogen and oxygen atoms in total. The van der Waals surface area contributed by atoms with E-state index >= 15 is 0 Å². The van der Waals surface area contributed by atoms with E-state index in [9.17, 15) is 4.79 Å². The zero-order chi connectivity index (χ0) is 23.8. The van der Waals surface area contributed by atoms with Crippen molar-refractivity contribution in [1.82, 2.24) is 9.55 Å². The average Bonchev–Trinajstić information content (AvgIpc) is 3.11. The van der Waals surface area contributed by atoms with E-state index < -0.39 is 0 Å². The summed E-state index contributed by atoms with van der Waals surface area (Å²) in [5, 5.41) is 3.04. The van der Waals surface area contributed by atoms with Crippen LogP contribution in [0, 0.1) is 0 Å². The molecule has 4 rings (SSSR count). The molecule has 4 heteroatoms. The second-order valence-electron chi connectivity index (χ2n) is 10.7. The fraction of sp³-hybridized carbons (Fsp3) is 0.310. The lowest BCUT2D eigenvalue weighted by atomic mass is 9.87. The predicted octanol–water partition coefficient (Wildman–Crippen LogP) is 6.94. The van der Waals surface area contributed by atoms with Gasteiger partial charge in [-0.3, -0.25) is 4.79 Å². The van der Waals surface area contributed by atoms with E-state index in [4.69, 9.17) is 4.98 Å². The molecular weight excluding hydrogens is 406 g/mol. The van der Waals surface area contributed by atoms with E-state index in [1.165, 1.54) is 11.1 Å². The Morgan fingerprint density at radius 2 is 1.33 bits per heavy atom. The van der Waals surface area contributed by atoms with Crippen LogP contribution < -0.4 is 5.32 Å². The highest BCUT2D eigenvalue weighted by atomic mass is 16.1. The highest BCUT2D eigenvalue weighted by Gasteiger charge is 2.18. The summed E-state index contributed by atoms with van der Waals surface area (Å²) in [6.45, 7) is 13.3. The number of para-hydroxylation sites is 2. The van der Waals surface area contributed by atoms with Crippen LogP contribution in [0.3, 0.4) is 0 Å². The van der Waals surface area contributed by atoms with Crippen LogP contribution in [0.1, 0.15) is 52.7 Å². The van der Waals surface area contributed by atoms with Crippen molar-refractivity contribution in [3.8, 4) is 11.4 Å². The van der Waals surface area contributed by atoms with Crippen molar-refractivity contribution in [2.45, 2.75) is 58.9 Å². The molecule has 1 aromatic heterocycles. The fourth-order valence-corrected chi connectivity index (χ4v) is 3.97. The molecule has 1 amide bonds. The topological polar surface area (TPSA) is 46.9 Å². The summed E-state index contributed by atoms with van der Waals surface area (Å²) in [7, 11) is 0. The Morgan fingerprint density at radius 3 is 1.91 bits per heavy atom. The molecule has 0 saturated carbocycles. The van der Waals surface area contributed by atoms with Gasteiger partial charge in [0.15, 0.2) is 0 Å². The Balaban J connectivity index is 1.62. The molecule has 0 unspecified atom stereocenters. The summed E-state index contributed by atoms with van der Waals surface area (Å²) in [6, 6.07) is 24.5. The highest BCUT2D eigenvalue weighted by Crippen LogP contribution is 2.29. The monoisotopic (exact) mass is 439 g/mol. The predicted molar refractivity (Wildman–Crippen MR) is 138 cm³/mol. The van der Waals surface area contributed by atoms with Crippen molar-refractivity contribution < 1.29 is 4.79 Å². The Labute approximate surface area is 196 Å². The van der Waals surface area contributed by atoms with E-state index in [0.29, 0.717) is 0 Å². The number of carbonyl (C=O) groups is 1. The SMILES string of the molecule is CC(C)(C)c1ccc(NC(=O)Cn2c(-c3ccc(C(C)(C)C)cc3)nc3ccccc32)cc1. The minimum absolute atomic E-state index is 0.0748. The number of carbonyl (C=O) groups excluding carboxylic acids is 1. The number of amides is 1. The normalized spacial score (nSPS) is 12.2. The third-order valence-corrected chi connectivity index (χ3v) is 6.00. The van der Waals surface area contributed by atoms with Gasteiger partial charge >= 0.3 is 0 Å². The maximum Gasteiger partial charge on any atom is 0.244 e. The molecule has 3 aromatic carbocycles. The smallest absolute Gasteiger partial charge is 0.244 e. The standard InChI is InChI=1S/C29H33N3O/c1-28(2,3)21-13-11-20(12-14-21)27-31-24-9-7-8-10-25(24)32(27)19-26(33)30-23-17-15-22(16-18-23)29(4,5)6/h7-18H,19H2,1-6H3,(H,30,33). The Morgan fingerprint density at radius 1 is 0.788 bits per heavy atom. The number of anilines is 1. The first-order valence-corrected chi connectivity index (χ1v) is 11.5. The molecule has 33 heavy (non-hydrogen) atoms. The van der Waals surface area contributed by atoms with Crippen LogP contribution in [0.4, 0.5) is 5.69 Å². The lowest BCUT2D eigenvalue weighted by molar-refractivity contribution is -0.116. The van der Waals surface area contributed by atoms with Crippen molar-refractivity contribution in [1.29, 1.82) is 0 Å². The van der Waals surface area contributed by atoms with Crippen LogP contribution in [0.15, 0.2) is 72.8 Å². The Kier molecular flexibility index (Phi) is 5.87. The van der Waals surface area contributed by atoms with Crippen LogP contribution in [0.25, 0.3) is 22.4 Å². The van der Waals surface area contributed by atoms with Gasteiger partial charge in [0.25, 0.3) is 0 Å². The number of hydrogen-bond acceptors (Lipinski definition) is 2. The molecular formula is C29H33N3O. The van der Waals surface area contributed by atoms with E-state index in [-0.39, 0.29) is 23.3 Å². The molecule has 1 heterocycles. The third kappa shape index (κ3) is 5.00. The van der Waals surface area contributed by atoms with Gasteiger partial charge in [0.05, 0.1) is 11.0 Å². The molecule has 0 radical (unpaired) electrons.